The highest BCUT2D eigenvalue weighted by Gasteiger charge is 2.23. The van der Waals surface area contributed by atoms with Gasteiger partial charge in [-0.15, -0.1) is 0 Å². The summed E-state index contributed by atoms with van der Waals surface area (Å²) in [6, 6.07) is 8.72. The number of aromatic amines is 1. The number of carbonyl (C=O) groups is 1. The van der Waals surface area contributed by atoms with Crippen LogP contribution < -0.4 is 11.2 Å². The minimum atomic E-state index is -0.434. The highest BCUT2D eigenvalue weighted by atomic mass is 16.6. The van der Waals surface area contributed by atoms with Gasteiger partial charge in [0.25, 0.3) is 5.56 Å². The largest absolute Gasteiger partial charge is 0.468 e. The predicted octanol–water partition coefficient (Wildman–Crippen LogP) is 2.11. The average molecular weight is 439 g/mol. The number of H-pyrrole nitrogens is 1. The first-order valence-electron chi connectivity index (χ1n) is 10.6. The second kappa shape index (κ2) is 9.13. The van der Waals surface area contributed by atoms with Gasteiger partial charge in [0.1, 0.15) is 0 Å². The first kappa shape index (κ1) is 21.4. The molecule has 0 spiro atoms. The maximum Gasteiger partial charge on any atom is 0.339 e. The fourth-order valence-corrected chi connectivity index (χ4v) is 3.53. The van der Waals surface area contributed by atoms with E-state index in [0.29, 0.717) is 42.3 Å². The number of hydrogen-bond acceptors (Lipinski definition) is 7. The summed E-state index contributed by atoms with van der Waals surface area (Å²) in [5.74, 6) is 0.303. The van der Waals surface area contributed by atoms with Crippen molar-refractivity contribution in [2.75, 3.05) is 13.5 Å². The summed E-state index contributed by atoms with van der Waals surface area (Å²) in [5, 5.41) is 0. The Labute approximate surface area is 183 Å². The molecule has 0 bridgehead atoms. The number of hydrogen-bond donors (Lipinski definition) is 1. The van der Waals surface area contributed by atoms with Crippen molar-refractivity contribution < 1.29 is 14.3 Å². The van der Waals surface area contributed by atoms with Crippen molar-refractivity contribution in [3.63, 3.8) is 0 Å². The van der Waals surface area contributed by atoms with Crippen LogP contribution in [0.4, 0.5) is 0 Å². The maximum absolute atomic E-state index is 12.9. The van der Waals surface area contributed by atoms with E-state index in [0.717, 1.165) is 6.42 Å². The molecule has 0 atom stereocenters. The van der Waals surface area contributed by atoms with Crippen LogP contribution in [0, 0.1) is 0 Å². The molecule has 10 heteroatoms. The molecule has 32 heavy (non-hydrogen) atoms. The van der Waals surface area contributed by atoms with Crippen LogP contribution in [0.25, 0.3) is 16.9 Å². The monoisotopic (exact) mass is 439 g/mol. The van der Waals surface area contributed by atoms with Gasteiger partial charge in [-0.1, -0.05) is 32.0 Å². The molecule has 1 aliphatic heterocycles. The van der Waals surface area contributed by atoms with Crippen LogP contribution in [0.1, 0.15) is 42.9 Å². The molecule has 1 aromatic carbocycles. The van der Waals surface area contributed by atoms with Gasteiger partial charge in [0.05, 0.1) is 11.8 Å². The molecular formula is C22H25N5O5. The number of esters is 1. The lowest BCUT2D eigenvalue weighted by atomic mass is 10.2. The summed E-state index contributed by atoms with van der Waals surface area (Å²) in [6.07, 6.45) is 3.04. The minimum absolute atomic E-state index is 0.00129. The van der Waals surface area contributed by atoms with Crippen LogP contribution >= 0.6 is 0 Å². The SMILES string of the molecule is CCCn1c(=O)c2[nH]c(C3=CN(COC(=O)c4ccccc4)CO3)nc2n(CCC)c1=O. The molecule has 3 aromatic rings. The van der Waals surface area contributed by atoms with Crippen molar-refractivity contribution in [1.82, 2.24) is 24.0 Å². The number of ether oxygens (including phenoxy) is 2. The summed E-state index contributed by atoms with van der Waals surface area (Å²) in [7, 11) is 0. The molecule has 0 saturated heterocycles. The Hall–Kier alpha value is -3.82. The van der Waals surface area contributed by atoms with E-state index >= 15 is 0 Å². The highest BCUT2D eigenvalue weighted by molar-refractivity contribution is 5.89. The number of nitrogens with zero attached hydrogens (tertiary/aromatic N) is 4. The number of aromatic nitrogens is 4. The zero-order valence-electron chi connectivity index (χ0n) is 18.0. The van der Waals surface area contributed by atoms with E-state index in [-0.39, 0.29) is 24.7 Å². The molecular weight excluding hydrogens is 414 g/mol. The van der Waals surface area contributed by atoms with Gasteiger partial charge < -0.3 is 19.4 Å². The van der Waals surface area contributed by atoms with Gasteiger partial charge in [-0.05, 0) is 25.0 Å². The van der Waals surface area contributed by atoms with Crippen molar-refractivity contribution in [2.45, 2.75) is 39.8 Å². The predicted molar refractivity (Wildman–Crippen MR) is 118 cm³/mol. The first-order chi connectivity index (χ1) is 15.5. The zero-order valence-corrected chi connectivity index (χ0v) is 18.0. The molecule has 1 aliphatic rings. The quantitative estimate of drug-likeness (QED) is 0.535. The van der Waals surface area contributed by atoms with Crippen LogP contribution in [0.15, 0.2) is 46.1 Å². The highest BCUT2D eigenvalue weighted by Crippen LogP contribution is 2.21. The Morgan fingerprint density at radius 2 is 1.84 bits per heavy atom. The number of fused-ring (bicyclic) bond motifs is 1. The number of carbonyl (C=O) groups excluding carboxylic acids is 1. The second-order valence-electron chi connectivity index (χ2n) is 7.46. The molecule has 0 saturated carbocycles. The van der Waals surface area contributed by atoms with E-state index in [9.17, 15) is 14.4 Å². The van der Waals surface area contributed by atoms with E-state index in [2.05, 4.69) is 9.97 Å². The van der Waals surface area contributed by atoms with E-state index in [4.69, 9.17) is 9.47 Å². The van der Waals surface area contributed by atoms with E-state index in [1.165, 1.54) is 9.13 Å². The van der Waals surface area contributed by atoms with Crippen LogP contribution in [0.3, 0.4) is 0 Å². The molecule has 0 radical (unpaired) electrons. The molecule has 3 heterocycles. The van der Waals surface area contributed by atoms with Gasteiger partial charge in [0.2, 0.25) is 0 Å². The Balaban J connectivity index is 1.59. The number of nitrogens with one attached hydrogen (secondary N) is 1. The van der Waals surface area contributed by atoms with Crippen LogP contribution in [0.5, 0.6) is 0 Å². The average Bonchev–Trinajstić information content (AvgIpc) is 3.46. The van der Waals surface area contributed by atoms with E-state index in [1.807, 2.05) is 19.9 Å². The number of rotatable bonds is 8. The minimum Gasteiger partial charge on any atom is -0.468 e. The van der Waals surface area contributed by atoms with Gasteiger partial charge >= 0.3 is 11.7 Å². The fraction of sp³-hybridized carbons (Fsp3) is 0.364. The number of imidazole rings is 1. The van der Waals surface area contributed by atoms with Crippen LogP contribution in [-0.4, -0.2) is 43.4 Å². The number of benzene rings is 1. The lowest BCUT2D eigenvalue weighted by Gasteiger charge is -2.13. The Morgan fingerprint density at radius 3 is 2.56 bits per heavy atom. The second-order valence-corrected chi connectivity index (χ2v) is 7.46. The maximum atomic E-state index is 12.9. The van der Waals surface area contributed by atoms with Crippen LogP contribution in [0.2, 0.25) is 0 Å². The van der Waals surface area contributed by atoms with Gasteiger partial charge in [-0.2, -0.15) is 0 Å². The third kappa shape index (κ3) is 4.03. The molecule has 0 fully saturated rings. The summed E-state index contributed by atoms with van der Waals surface area (Å²) in [6.45, 7) is 4.82. The van der Waals surface area contributed by atoms with Crippen molar-refractivity contribution in [3.05, 3.63) is 68.8 Å². The van der Waals surface area contributed by atoms with Gasteiger partial charge in [0, 0.05) is 13.1 Å². The molecule has 0 unspecified atom stereocenters. The van der Waals surface area contributed by atoms with Crippen LogP contribution in [-0.2, 0) is 22.6 Å². The molecule has 10 nitrogen and oxygen atoms in total. The molecule has 2 aromatic heterocycles. The van der Waals surface area contributed by atoms with Crippen molar-refractivity contribution in [1.29, 1.82) is 0 Å². The van der Waals surface area contributed by atoms with Gasteiger partial charge in [-0.25, -0.2) is 14.6 Å². The van der Waals surface area contributed by atoms with E-state index in [1.54, 1.807) is 35.4 Å². The van der Waals surface area contributed by atoms with Gasteiger partial charge in [0.15, 0.2) is 36.2 Å². The standard InChI is InChI=1S/C22H25N5O5/c1-3-10-26-19-17(20(28)27(11-4-2)22(26)30)23-18(24-19)16-12-25(13-31-16)14-32-21(29)15-8-6-5-7-9-15/h5-9,12H,3-4,10-11,13-14H2,1-2H3,(H,23,24). The van der Waals surface area contributed by atoms with Crippen molar-refractivity contribution >= 4 is 22.9 Å². The molecule has 0 aliphatic carbocycles. The topological polar surface area (TPSA) is 111 Å². The lowest BCUT2D eigenvalue weighted by Crippen LogP contribution is -2.40. The Bertz CT molecular complexity index is 1270. The van der Waals surface area contributed by atoms with Crippen molar-refractivity contribution in [3.8, 4) is 0 Å². The number of aryl methyl sites for hydroxylation is 1. The van der Waals surface area contributed by atoms with Gasteiger partial charge in [-0.3, -0.25) is 13.9 Å². The smallest absolute Gasteiger partial charge is 0.339 e. The Morgan fingerprint density at radius 1 is 1.12 bits per heavy atom. The summed E-state index contributed by atoms with van der Waals surface area (Å²) in [5.41, 5.74) is 0.277. The molecule has 168 valence electrons. The third-order valence-corrected chi connectivity index (χ3v) is 5.05. The summed E-state index contributed by atoms with van der Waals surface area (Å²) >= 11 is 0. The molecule has 1 N–H and O–H groups in total. The fourth-order valence-electron chi connectivity index (χ4n) is 3.53. The normalized spacial score (nSPS) is 13.3. The van der Waals surface area contributed by atoms with Crippen molar-refractivity contribution in [2.24, 2.45) is 0 Å². The summed E-state index contributed by atoms with van der Waals surface area (Å²) < 4.78 is 13.7. The molecule has 4 rings (SSSR count). The summed E-state index contributed by atoms with van der Waals surface area (Å²) in [4.78, 5) is 46.9. The zero-order chi connectivity index (χ0) is 22.7. The third-order valence-electron chi connectivity index (χ3n) is 5.05. The lowest BCUT2D eigenvalue weighted by molar-refractivity contribution is 0.0217. The first-order valence-corrected chi connectivity index (χ1v) is 10.6. The van der Waals surface area contributed by atoms with E-state index < -0.39 is 11.5 Å². The Kier molecular flexibility index (Phi) is 6.11. The molecule has 0 amide bonds.